The number of amidine groups is 1. The molecule has 2 aromatic carbocycles. The molecule has 2 aromatic rings. The van der Waals surface area contributed by atoms with E-state index in [1.807, 2.05) is 0 Å². The summed E-state index contributed by atoms with van der Waals surface area (Å²) in [6, 6.07) is 8.55. The van der Waals surface area contributed by atoms with Gasteiger partial charge in [-0.15, -0.1) is 0 Å². The number of rotatable bonds is 5. The molecule has 0 aromatic heterocycles. The van der Waals surface area contributed by atoms with Gasteiger partial charge in [0.1, 0.15) is 5.75 Å². The summed E-state index contributed by atoms with van der Waals surface area (Å²) >= 11 is 1.11. The number of benzene rings is 2. The van der Waals surface area contributed by atoms with Crippen LogP contribution in [0.1, 0.15) is 22.8 Å². The molecular weight excluding hydrogens is 396 g/mol. The number of carboxylic acid groups (broad SMARTS) is 1. The number of carbonyl (C=O) groups is 2. The highest BCUT2D eigenvalue weighted by molar-refractivity contribution is 8.18. The Morgan fingerprint density at radius 1 is 1.24 bits per heavy atom. The maximum absolute atomic E-state index is 12.8. The Balaban J connectivity index is 2.00. The molecule has 0 aliphatic carbocycles. The monoisotopic (exact) mass is 414 g/mol. The first-order chi connectivity index (χ1) is 13.8. The number of methoxy groups -OCH3 is 1. The lowest BCUT2D eigenvalue weighted by molar-refractivity contribution is -0.122. The van der Waals surface area contributed by atoms with Crippen LogP contribution in [0.25, 0.3) is 6.08 Å². The van der Waals surface area contributed by atoms with Gasteiger partial charge in [-0.2, -0.15) is 0 Å². The van der Waals surface area contributed by atoms with Crippen LogP contribution >= 0.6 is 11.8 Å². The van der Waals surface area contributed by atoms with Crippen molar-refractivity contribution in [2.24, 2.45) is 4.99 Å². The summed E-state index contributed by atoms with van der Waals surface area (Å²) in [7, 11) is 1.43. The third-order valence-electron chi connectivity index (χ3n) is 4.13. The number of carbonyl (C=O) groups excluding carboxylic acids is 1. The van der Waals surface area contributed by atoms with Gasteiger partial charge in [0.25, 0.3) is 5.91 Å². The lowest BCUT2D eigenvalue weighted by Gasteiger charge is -2.12. The number of aromatic hydroxyl groups is 2. The zero-order chi connectivity index (χ0) is 21.1. The normalized spacial score (nSPS) is 16.6. The Kier molecular flexibility index (Phi) is 5.79. The lowest BCUT2D eigenvalue weighted by Crippen LogP contribution is -2.28. The second kappa shape index (κ2) is 8.27. The number of nitrogens with zero attached hydrogens (tertiary/aromatic N) is 2. The molecule has 150 valence electrons. The Labute approximate surface area is 170 Å². The molecule has 1 heterocycles. The fraction of sp³-hybridized carbons (Fsp3) is 0.150. The van der Waals surface area contributed by atoms with Crippen LogP contribution < -0.4 is 4.74 Å². The van der Waals surface area contributed by atoms with Crippen molar-refractivity contribution >= 4 is 40.6 Å². The number of ether oxygens (including phenoxy) is 1. The number of hydrogen-bond donors (Lipinski definition) is 3. The van der Waals surface area contributed by atoms with Crippen molar-refractivity contribution in [3.63, 3.8) is 0 Å². The molecule has 29 heavy (non-hydrogen) atoms. The molecule has 1 saturated heterocycles. The summed E-state index contributed by atoms with van der Waals surface area (Å²) in [4.78, 5) is 30.4. The van der Waals surface area contributed by atoms with Crippen molar-refractivity contribution in [3.8, 4) is 17.2 Å². The third kappa shape index (κ3) is 4.19. The van der Waals surface area contributed by atoms with Crippen LogP contribution in [0.2, 0.25) is 0 Å². The maximum Gasteiger partial charge on any atom is 0.338 e. The van der Waals surface area contributed by atoms with E-state index in [2.05, 4.69) is 4.99 Å². The molecule has 0 unspecified atom stereocenters. The fourth-order valence-electron chi connectivity index (χ4n) is 2.70. The summed E-state index contributed by atoms with van der Waals surface area (Å²) in [5.74, 6) is -1.41. The van der Waals surface area contributed by atoms with Gasteiger partial charge in [-0.25, -0.2) is 9.79 Å². The molecule has 1 aliphatic heterocycles. The summed E-state index contributed by atoms with van der Waals surface area (Å²) in [5.41, 5.74) is 0.627. The highest BCUT2D eigenvalue weighted by Crippen LogP contribution is 2.36. The summed E-state index contributed by atoms with van der Waals surface area (Å²) in [6.07, 6.45) is 1.65. The molecule has 0 spiro atoms. The van der Waals surface area contributed by atoms with E-state index in [-0.39, 0.29) is 34.4 Å². The molecule has 3 rings (SSSR count). The van der Waals surface area contributed by atoms with Gasteiger partial charge in [-0.1, -0.05) is 6.07 Å². The smallest absolute Gasteiger partial charge is 0.338 e. The van der Waals surface area contributed by atoms with Gasteiger partial charge in [-0.3, -0.25) is 9.69 Å². The van der Waals surface area contributed by atoms with Gasteiger partial charge in [0.05, 0.1) is 23.3 Å². The average molecular weight is 414 g/mol. The zero-order valence-corrected chi connectivity index (χ0v) is 16.4. The zero-order valence-electron chi connectivity index (χ0n) is 15.6. The van der Waals surface area contributed by atoms with Crippen molar-refractivity contribution in [1.82, 2.24) is 4.90 Å². The minimum absolute atomic E-state index is 0.00832. The van der Waals surface area contributed by atoms with Gasteiger partial charge in [0, 0.05) is 6.54 Å². The Bertz CT molecular complexity index is 1050. The van der Waals surface area contributed by atoms with Crippen LogP contribution in [0.5, 0.6) is 17.2 Å². The van der Waals surface area contributed by atoms with Crippen molar-refractivity contribution in [3.05, 3.63) is 52.4 Å². The molecule has 3 N–H and O–H groups in total. The van der Waals surface area contributed by atoms with E-state index in [4.69, 9.17) is 4.74 Å². The van der Waals surface area contributed by atoms with Crippen LogP contribution in [0.4, 0.5) is 5.69 Å². The van der Waals surface area contributed by atoms with Crippen molar-refractivity contribution in [2.75, 3.05) is 13.7 Å². The van der Waals surface area contributed by atoms with Crippen LogP contribution in [0.3, 0.4) is 0 Å². The van der Waals surface area contributed by atoms with E-state index in [9.17, 15) is 24.9 Å². The predicted molar refractivity (Wildman–Crippen MR) is 110 cm³/mol. The Hall–Kier alpha value is -3.46. The Morgan fingerprint density at radius 2 is 2.00 bits per heavy atom. The van der Waals surface area contributed by atoms with E-state index in [1.54, 1.807) is 25.1 Å². The molecule has 0 atom stereocenters. The molecule has 9 heteroatoms. The lowest BCUT2D eigenvalue weighted by atomic mass is 10.1. The molecule has 1 amide bonds. The molecular formula is C20H18N2O6S. The summed E-state index contributed by atoms with van der Waals surface area (Å²) in [5, 5.41) is 28.9. The maximum atomic E-state index is 12.8. The third-order valence-corrected chi connectivity index (χ3v) is 5.14. The number of amides is 1. The SMILES string of the molecule is CCN1C(=O)/C(=C/c2ccc(O)c(OC)c2)SC1=Nc1ccc(O)cc1C(=O)O. The van der Waals surface area contributed by atoms with Gasteiger partial charge in [0.15, 0.2) is 16.7 Å². The molecule has 0 radical (unpaired) electrons. The van der Waals surface area contributed by atoms with E-state index >= 15 is 0 Å². The summed E-state index contributed by atoms with van der Waals surface area (Å²) < 4.78 is 5.08. The van der Waals surface area contributed by atoms with Gasteiger partial charge in [0.2, 0.25) is 0 Å². The van der Waals surface area contributed by atoms with E-state index < -0.39 is 5.97 Å². The number of hydrogen-bond acceptors (Lipinski definition) is 7. The highest BCUT2D eigenvalue weighted by atomic mass is 32.2. The van der Waals surface area contributed by atoms with Gasteiger partial charge >= 0.3 is 5.97 Å². The standard InChI is InChI=1S/C20H18N2O6S/c1-3-22-18(25)17(9-11-4-7-15(24)16(8-11)28-2)29-20(22)21-14-6-5-12(23)10-13(14)19(26)27/h4-10,23-24H,3H2,1-2H3,(H,26,27)/b17-9-,21-20?. The molecule has 1 aliphatic rings. The highest BCUT2D eigenvalue weighted by Gasteiger charge is 2.32. The fourth-order valence-corrected chi connectivity index (χ4v) is 3.76. The van der Waals surface area contributed by atoms with Crippen LogP contribution in [-0.2, 0) is 4.79 Å². The number of carboxylic acids is 1. The topological polar surface area (TPSA) is 120 Å². The minimum Gasteiger partial charge on any atom is -0.508 e. The number of phenols is 2. The number of thioether (sulfide) groups is 1. The molecule has 8 nitrogen and oxygen atoms in total. The first kappa shape index (κ1) is 20.3. The van der Waals surface area contributed by atoms with Crippen molar-refractivity contribution in [1.29, 1.82) is 0 Å². The molecule has 0 saturated carbocycles. The quantitative estimate of drug-likeness (QED) is 0.641. The van der Waals surface area contributed by atoms with E-state index in [0.717, 1.165) is 17.8 Å². The first-order valence-corrected chi connectivity index (χ1v) is 9.39. The van der Waals surface area contributed by atoms with E-state index in [1.165, 1.54) is 30.2 Å². The van der Waals surface area contributed by atoms with Crippen LogP contribution in [0, 0.1) is 0 Å². The molecule has 0 bridgehead atoms. The predicted octanol–water partition coefficient (Wildman–Crippen LogP) is 3.43. The van der Waals surface area contributed by atoms with Crippen LogP contribution in [-0.4, -0.2) is 50.9 Å². The number of aliphatic imine (C=N–C) groups is 1. The average Bonchev–Trinajstić information content (AvgIpc) is 2.98. The second-order valence-corrected chi connectivity index (χ2v) is 7.00. The van der Waals surface area contributed by atoms with E-state index in [0.29, 0.717) is 22.2 Å². The number of likely N-dealkylation sites (N-methyl/N-ethyl adjacent to an activating group) is 1. The molecule has 1 fully saturated rings. The van der Waals surface area contributed by atoms with Crippen LogP contribution in [0.15, 0.2) is 46.3 Å². The van der Waals surface area contributed by atoms with Gasteiger partial charge in [-0.05, 0) is 60.7 Å². The Morgan fingerprint density at radius 3 is 2.66 bits per heavy atom. The minimum atomic E-state index is -1.23. The summed E-state index contributed by atoms with van der Waals surface area (Å²) in [6.45, 7) is 2.14. The van der Waals surface area contributed by atoms with Crippen molar-refractivity contribution in [2.45, 2.75) is 6.92 Å². The largest absolute Gasteiger partial charge is 0.508 e. The number of phenolic OH excluding ortho intramolecular Hbond substituents is 2. The first-order valence-electron chi connectivity index (χ1n) is 8.57. The van der Waals surface area contributed by atoms with Gasteiger partial charge < -0.3 is 20.1 Å². The van der Waals surface area contributed by atoms with Crippen molar-refractivity contribution < 1.29 is 29.6 Å². The second-order valence-electron chi connectivity index (χ2n) is 5.99. The number of aromatic carboxylic acids is 1.